The fourth-order valence-electron chi connectivity index (χ4n) is 8.35. The maximum absolute atomic E-state index is 11.8. The summed E-state index contributed by atoms with van der Waals surface area (Å²) in [7, 11) is 0. The van der Waals surface area contributed by atoms with Crippen LogP contribution in [0.2, 0.25) is 0 Å². The Morgan fingerprint density at radius 1 is 1.15 bits per heavy atom. The molecule has 2 spiro atoms. The van der Waals surface area contributed by atoms with Gasteiger partial charge in [-0.2, -0.15) is 0 Å². The van der Waals surface area contributed by atoms with E-state index < -0.39 is 5.60 Å². The third kappa shape index (κ3) is 1.95. The van der Waals surface area contributed by atoms with Gasteiger partial charge in [0.15, 0.2) is 5.79 Å². The standard InChI is InChI=1S/C23H34O3/c1-4-7-22(24)15-17-13-18-14-21(17,9-10-23(18)25-11-12-26-23)20(3)8-5-6-16(2)19(20)22/h4,17-18,24H,1,5-15H2,2-3H3/t17-,18-,20+,21+,22-/m0/s1. The van der Waals surface area contributed by atoms with Crippen molar-refractivity contribution >= 4 is 0 Å². The number of hydrogen-bond donors (Lipinski definition) is 1. The highest BCUT2D eigenvalue weighted by Crippen LogP contribution is 2.75. The number of allylic oxidation sites excluding steroid dienone is 1. The topological polar surface area (TPSA) is 38.7 Å². The first-order chi connectivity index (χ1) is 12.4. The first-order valence-electron chi connectivity index (χ1n) is 10.7. The van der Waals surface area contributed by atoms with Crippen LogP contribution in [0.15, 0.2) is 23.8 Å². The second-order valence-corrected chi connectivity index (χ2v) is 10.1. The van der Waals surface area contributed by atoms with Gasteiger partial charge in [0.1, 0.15) is 0 Å². The molecule has 1 heterocycles. The molecule has 0 aromatic rings. The Morgan fingerprint density at radius 2 is 1.92 bits per heavy atom. The van der Waals surface area contributed by atoms with Gasteiger partial charge in [-0.05, 0) is 80.6 Å². The Balaban J connectivity index is 1.62. The molecule has 1 saturated heterocycles. The lowest BCUT2D eigenvalue weighted by molar-refractivity contribution is -0.224. The van der Waals surface area contributed by atoms with Crippen molar-refractivity contribution in [3.63, 3.8) is 0 Å². The molecule has 144 valence electrons. The van der Waals surface area contributed by atoms with Crippen molar-refractivity contribution in [1.29, 1.82) is 0 Å². The van der Waals surface area contributed by atoms with Gasteiger partial charge in [0.25, 0.3) is 0 Å². The molecule has 5 atom stereocenters. The Kier molecular flexibility index (Phi) is 3.66. The van der Waals surface area contributed by atoms with Gasteiger partial charge < -0.3 is 14.6 Å². The zero-order valence-corrected chi connectivity index (χ0v) is 16.5. The Bertz CT molecular complexity index is 660. The smallest absolute Gasteiger partial charge is 0.171 e. The molecule has 5 aliphatic rings. The molecular weight excluding hydrogens is 324 g/mol. The fourth-order valence-corrected chi connectivity index (χ4v) is 8.35. The summed E-state index contributed by atoms with van der Waals surface area (Å²) < 4.78 is 12.4. The third-order valence-corrected chi connectivity index (χ3v) is 9.12. The lowest BCUT2D eigenvalue weighted by atomic mass is 9.42. The molecule has 3 saturated carbocycles. The van der Waals surface area contributed by atoms with Gasteiger partial charge in [-0.3, -0.25) is 0 Å². The SMILES string of the molecule is C=CC[C@]1(O)C[C@@H]2C[C@H]3C[C@@]2(CCC32OCCO2)[C@]2(C)CCCC(C)=C12. The van der Waals surface area contributed by atoms with Gasteiger partial charge in [-0.25, -0.2) is 0 Å². The molecule has 1 aliphatic heterocycles. The quantitative estimate of drug-likeness (QED) is 0.724. The number of rotatable bonds is 2. The van der Waals surface area contributed by atoms with Gasteiger partial charge in [0.2, 0.25) is 0 Å². The van der Waals surface area contributed by atoms with Crippen molar-refractivity contribution in [1.82, 2.24) is 0 Å². The average molecular weight is 359 g/mol. The van der Waals surface area contributed by atoms with E-state index in [9.17, 15) is 5.11 Å². The van der Waals surface area contributed by atoms with E-state index in [1.165, 1.54) is 36.8 Å². The summed E-state index contributed by atoms with van der Waals surface area (Å²) >= 11 is 0. The summed E-state index contributed by atoms with van der Waals surface area (Å²) in [5, 5.41) is 11.8. The zero-order chi connectivity index (χ0) is 18.2. The third-order valence-electron chi connectivity index (χ3n) is 9.12. The minimum Gasteiger partial charge on any atom is -0.385 e. The van der Waals surface area contributed by atoms with Crippen LogP contribution in [0.3, 0.4) is 0 Å². The highest BCUT2D eigenvalue weighted by molar-refractivity contribution is 5.40. The van der Waals surface area contributed by atoms with Crippen LogP contribution < -0.4 is 0 Å². The molecule has 4 fully saturated rings. The van der Waals surface area contributed by atoms with E-state index >= 15 is 0 Å². The van der Waals surface area contributed by atoms with Crippen LogP contribution >= 0.6 is 0 Å². The predicted molar refractivity (Wildman–Crippen MR) is 102 cm³/mol. The average Bonchev–Trinajstić information content (AvgIpc) is 3.16. The molecule has 0 radical (unpaired) electrons. The van der Waals surface area contributed by atoms with E-state index in [0.717, 1.165) is 38.9 Å². The lowest BCUT2D eigenvalue weighted by Gasteiger charge is -2.63. The second kappa shape index (κ2) is 5.46. The number of fused-ring (bicyclic) bond motifs is 3. The first kappa shape index (κ1) is 17.5. The molecule has 3 heteroatoms. The minimum absolute atomic E-state index is 0.116. The molecule has 0 aromatic carbocycles. The molecule has 0 aromatic heterocycles. The summed E-state index contributed by atoms with van der Waals surface area (Å²) in [5.74, 6) is 0.753. The van der Waals surface area contributed by atoms with E-state index in [1.54, 1.807) is 0 Å². The molecule has 0 amide bonds. The zero-order valence-electron chi connectivity index (χ0n) is 16.5. The normalized spacial score (nSPS) is 49.2. The summed E-state index contributed by atoms with van der Waals surface area (Å²) in [6.07, 6.45) is 11.7. The maximum Gasteiger partial charge on any atom is 0.171 e. The minimum atomic E-state index is -0.695. The monoisotopic (exact) mass is 358 g/mol. The maximum atomic E-state index is 11.8. The van der Waals surface area contributed by atoms with Gasteiger partial charge >= 0.3 is 0 Å². The van der Waals surface area contributed by atoms with Crippen molar-refractivity contribution in [2.24, 2.45) is 22.7 Å². The van der Waals surface area contributed by atoms with E-state index in [-0.39, 0.29) is 11.2 Å². The van der Waals surface area contributed by atoms with Crippen molar-refractivity contribution in [3.8, 4) is 0 Å². The number of aliphatic hydroxyl groups is 1. The molecule has 4 aliphatic carbocycles. The van der Waals surface area contributed by atoms with Crippen molar-refractivity contribution in [2.75, 3.05) is 13.2 Å². The van der Waals surface area contributed by atoms with E-state index in [1.807, 2.05) is 6.08 Å². The van der Waals surface area contributed by atoms with E-state index in [2.05, 4.69) is 20.4 Å². The van der Waals surface area contributed by atoms with Crippen LogP contribution in [-0.4, -0.2) is 29.7 Å². The Labute approximate surface area is 157 Å². The predicted octanol–water partition coefficient (Wildman–Crippen LogP) is 4.75. The molecule has 0 unspecified atom stereocenters. The van der Waals surface area contributed by atoms with Crippen LogP contribution in [0.25, 0.3) is 0 Å². The van der Waals surface area contributed by atoms with Crippen LogP contribution in [0, 0.1) is 22.7 Å². The molecular formula is C23H34O3. The van der Waals surface area contributed by atoms with Crippen molar-refractivity contribution in [3.05, 3.63) is 23.8 Å². The number of ether oxygens (including phenoxy) is 2. The van der Waals surface area contributed by atoms with Crippen LogP contribution in [0.5, 0.6) is 0 Å². The fraction of sp³-hybridized carbons (Fsp3) is 0.826. The highest BCUT2D eigenvalue weighted by atomic mass is 16.7. The summed E-state index contributed by atoms with van der Waals surface area (Å²) in [4.78, 5) is 0. The van der Waals surface area contributed by atoms with Gasteiger partial charge in [-0.1, -0.05) is 18.6 Å². The summed E-state index contributed by atoms with van der Waals surface area (Å²) in [5.41, 5.74) is 2.58. The van der Waals surface area contributed by atoms with Crippen LogP contribution in [0.1, 0.15) is 71.6 Å². The second-order valence-electron chi connectivity index (χ2n) is 10.1. The van der Waals surface area contributed by atoms with Crippen molar-refractivity contribution < 1.29 is 14.6 Å². The molecule has 5 rings (SSSR count). The van der Waals surface area contributed by atoms with Gasteiger partial charge in [0.05, 0.1) is 18.8 Å². The van der Waals surface area contributed by atoms with Gasteiger partial charge in [-0.15, -0.1) is 6.58 Å². The first-order valence-corrected chi connectivity index (χ1v) is 10.7. The van der Waals surface area contributed by atoms with Gasteiger partial charge in [0, 0.05) is 12.3 Å². The van der Waals surface area contributed by atoms with E-state index in [4.69, 9.17) is 9.47 Å². The van der Waals surface area contributed by atoms with E-state index in [0.29, 0.717) is 23.7 Å². The summed E-state index contributed by atoms with van der Waals surface area (Å²) in [6.45, 7) is 10.2. The Hall–Kier alpha value is -0.640. The molecule has 26 heavy (non-hydrogen) atoms. The van der Waals surface area contributed by atoms with Crippen LogP contribution in [0.4, 0.5) is 0 Å². The molecule has 1 N–H and O–H groups in total. The Morgan fingerprint density at radius 3 is 2.65 bits per heavy atom. The largest absolute Gasteiger partial charge is 0.385 e. The lowest BCUT2D eigenvalue weighted by Crippen LogP contribution is -2.59. The van der Waals surface area contributed by atoms with Crippen LogP contribution in [-0.2, 0) is 9.47 Å². The van der Waals surface area contributed by atoms with Crippen molar-refractivity contribution in [2.45, 2.75) is 83.0 Å². The summed E-state index contributed by atoms with van der Waals surface area (Å²) in [6, 6.07) is 0. The number of hydrogen-bond acceptors (Lipinski definition) is 3. The molecule has 2 bridgehead atoms. The highest BCUT2D eigenvalue weighted by Gasteiger charge is 2.71. The molecule has 3 nitrogen and oxygen atoms in total.